The van der Waals surface area contributed by atoms with E-state index in [0.29, 0.717) is 18.0 Å². The van der Waals surface area contributed by atoms with Crippen molar-refractivity contribution in [2.75, 3.05) is 22.8 Å². The minimum absolute atomic E-state index is 0.0312. The summed E-state index contributed by atoms with van der Waals surface area (Å²) in [6.07, 6.45) is 1.60. The lowest BCUT2D eigenvalue weighted by Gasteiger charge is -2.24. The summed E-state index contributed by atoms with van der Waals surface area (Å²) in [7, 11) is -4.08. The number of carbonyl (C=O) groups excluding carboxylic acids is 1. The molecule has 0 aromatic heterocycles. The Labute approximate surface area is 197 Å². The Morgan fingerprint density at radius 2 is 1.69 bits per heavy atom. The van der Waals surface area contributed by atoms with Gasteiger partial charge in [-0.1, -0.05) is 60.1 Å². The standard InChI is InChI=1S/C23H20Cl2N2O4S/c1-2-11-31-21-8-6-7-19(15-21)26-23(28)16-27(20-13-17(24)12-18(25)14-20)32(29,30)22-9-4-3-5-10-22/h2-10,12-15H,1,11,16H2,(H,26,28). The van der Waals surface area contributed by atoms with Gasteiger partial charge in [0.1, 0.15) is 18.9 Å². The fraction of sp³-hybridized carbons (Fsp3) is 0.0870. The van der Waals surface area contributed by atoms with E-state index in [0.717, 1.165) is 4.31 Å². The lowest BCUT2D eigenvalue weighted by atomic mass is 10.3. The van der Waals surface area contributed by atoms with Crippen LogP contribution in [0.1, 0.15) is 0 Å². The number of nitrogens with zero attached hydrogens (tertiary/aromatic N) is 1. The molecule has 166 valence electrons. The molecule has 6 nitrogen and oxygen atoms in total. The molecular weight excluding hydrogens is 471 g/mol. The average Bonchev–Trinajstić information content (AvgIpc) is 2.76. The molecule has 0 aliphatic carbocycles. The van der Waals surface area contributed by atoms with Crippen LogP contribution in [-0.2, 0) is 14.8 Å². The molecule has 3 aromatic carbocycles. The molecule has 0 aliphatic rings. The summed E-state index contributed by atoms with van der Waals surface area (Å²) in [6, 6.07) is 18.9. The van der Waals surface area contributed by atoms with E-state index in [2.05, 4.69) is 11.9 Å². The van der Waals surface area contributed by atoms with E-state index in [-0.39, 0.29) is 20.6 Å². The van der Waals surface area contributed by atoms with Gasteiger partial charge in [-0.15, -0.1) is 0 Å². The largest absolute Gasteiger partial charge is 0.489 e. The van der Waals surface area contributed by atoms with Crippen molar-refractivity contribution in [3.8, 4) is 5.75 Å². The second-order valence-corrected chi connectivity index (χ2v) is 9.36. The molecular formula is C23H20Cl2N2O4S. The van der Waals surface area contributed by atoms with Gasteiger partial charge in [-0.25, -0.2) is 8.42 Å². The van der Waals surface area contributed by atoms with Crippen LogP contribution in [0.5, 0.6) is 5.75 Å². The molecule has 0 heterocycles. The molecule has 9 heteroatoms. The third kappa shape index (κ3) is 6.03. The highest BCUT2D eigenvalue weighted by Gasteiger charge is 2.27. The van der Waals surface area contributed by atoms with Crippen molar-refractivity contribution in [3.63, 3.8) is 0 Å². The quantitative estimate of drug-likeness (QED) is 0.407. The van der Waals surface area contributed by atoms with Crippen molar-refractivity contribution in [2.24, 2.45) is 0 Å². The zero-order valence-corrected chi connectivity index (χ0v) is 19.2. The van der Waals surface area contributed by atoms with Crippen LogP contribution in [0.2, 0.25) is 10.0 Å². The van der Waals surface area contributed by atoms with E-state index < -0.39 is 22.5 Å². The summed E-state index contributed by atoms with van der Waals surface area (Å²) in [5.74, 6) is -0.0143. The summed E-state index contributed by atoms with van der Waals surface area (Å²) in [5.41, 5.74) is 0.627. The number of benzene rings is 3. The Bertz CT molecular complexity index is 1200. The first-order chi connectivity index (χ1) is 15.3. The van der Waals surface area contributed by atoms with Gasteiger partial charge in [0, 0.05) is 21.8 Å². The minimum Gasteiger partial charge on any atom is -0.489 e. The Balaban J connectivity index is 1.91. The van der Waals surface area contributed by atoms with Crippen LogP contribution in [0, 0.1) is 0 Å². The molecule has 0 bridgehead atoms. The van der Waals surface area contributed by atoms with Gasteiger partial charge >= 0.3 is 0 Å². The van der Waals surface area contributed by atoms with Crippen LogP contribution < -0.4 is 14.4 Å². The number of carbonyl (C=O) groups is 1. The number of halogens is 2. The van der Waals surface area contributed by atoms with Crippen molar-refractivity contribution in [2.45, 2.75) is 4.90 Å². The molecule has 0 saturated carbocycles. The van der Waals surface area contributed by atoms with Gasteiger partial charge < -0.3 is 10.1 Å². The van der Waals surface area contributed by atoms with Gasteiger partial charge in [0.25, 0.3) is 10.0 Å². The van der Waals surface area contributed by atoms with Crippen LogP contribution in [0.15, 0.2) is 90.3 Å². The third-order valence-corrected chi connectivity index (χ3v) is 6.46. The van der Waals surface area contributed by atoms with E-state index in [9.17, 15) is 13.2 Å². The number of hydrogen-bond donors (Lipinski definition) is 1. The Kier molecular flexibility index (Phi) is 7.80. The molecule has 0 fully saturated rings. The van der Waals surface area contributed by atoms with E-state index in [1.54, 1.807) is 48.5 Å². The summed E-state index contributed by atoms with van der Waals surface area (Å²) in [4.78, 5) is 12.9. The number of nitrogens with one attached hydrogen (secondary N) is 1. The van der Waals surface area contributed by atoms with Crippen LogP contribution in [0.4, 0.5) is 11.4 Å². The third-order valence-electron chi connectivity index (χ3n) is 4.24. The monoisotopic (exact) mass is 490 g/mol. The number of anilines is 2. The molecule has 0 aliphatic heterocycles. The fourth-order valence-electron chi connectivity index (χ4n) is 2.87. The molecule has 0 saturated heterocycles. The second kappa shape index (κ2) is 10.5. The van der Waals surface area contributed by atoms with Crippen molar-refractivity contribution in [1.29, 1.82) is 0 Å². The highest BCUT2D eigenvalue weighted by Crippen LogP contribution is 2.29. The second-order valence-electron chi connectivity index (χ2n) is 6.63. The molecule has 3 aromatic rings. The topological polar surface area (TPSA) is 75.7 Å². The Morgan fingerprint density at radius 1 is 1.00 bits per heavy atom. The van der Waals surface area contributed by atoms with Crippen LogP contribution in [-0.4, -0.2) is 27.5 Å². The molecule has 0 spiro atoms. The molecule has 1 N–H and O–H groups in total. The van der Waals surface area contributed by atoms with Crippen molar-refractivity contribution < 1.29 is 17.9 Å². The smallest absolute Gasteiger partial charge is 0.264 e. The number of sulfonamides is 1. The first-order valence-electron chi connectivity index (χ1n) is 9.47. The zero-order chi connectivity index (χ0) is 23.1. The predicted molar refractivity (Wildman–Crippen MR) is 128 cm³/mol. The predicted octanol–water partition coefficient (Wildman–Crippen LogP) is 5.39. The molecule has 0 radical (unpaired) electrons. The summed E-state index contributed by atoms with van der Waals surface area (Å²) in [5, 5.41) is 3.18. The number of hydrogen-bond acceptors (Lipinski definition) is 4. The first kappa shape index (κ1) is 23.7. The highest BCUT2D eigenvalue weighted by atomic mass is 35.5. The van der Waals surface area contributed by atoms with E-state index >= 15 is 0 Å². The van der Waals surface area contributed by atoms with Crippen molar-refractivity contribution in [3.05, 3.63) is 95.5 Å². The number of amides is 1. The van der Waals surface area contributed by atoms with E-state index in [1.165, 1.54) is 30.3 Å². The highest BCUT2D eigenvalue weighted by molar-refractivity contribution is 7.92. The Hall–Kier alpha value is -3.00. The van der Waals surface area contributed by atoms with Gasteiger partial charge in [-0.3, -0.25) is 9.10 Å². The zero-order valence-electron chi connectivity index (χ0n) is 16.9. The maximum atomic E-state index is 13.3. The van der Waals surface area contributed by atoms with Gasteiger partial charge in [-0.2, -0.15) is 0 Å². The van der Waals surface area contributed by atoms with Crippen LogP contribution in [0.25, 0.3) is 0 Å². The first-order valence-corrected chi connectivity index (χ1v) is 11.7. The van der Waals surface area contributed by atoms with Crippen molar-refractivity contribution in [1.82, 2.24) is 0 Å². The summed E-state index contributed by atoms with van der Waals surface area (Å²) >= 11 is 12.2. The Morgan fingerprint density at radius 3 is 2.34 bits per heavy atom. The maximum Gasteiger partial charge on any atom is 0.264 e. The van der Waals surface area contributed by atoms with Gasteiger partial charge in [0.05, 0.1) is 10.6 Å². The number of rotatable bonds is 9. The van der Waals surface area contributed by atoms with E-state index in [4.69, 9.17) is 27.9 Å². The lowest BCUT2D eigenvalue weighted by molar-refractivity contribution is -0.114. The van der Waals surface area contributed by atoms with Gasteiger partial charge in [0.15, 0.2) is 0 Å². The van der Waals surface area contributed by atoms with Crippen LogP contribution >= 0.6 is 23.2 Å². The SMILES string of the molecule is C=CCOc1cccc(NC(=O)CN(c2cc(Cl)cc(Cl)c2)S(=O)(=O)c2ccccc2)c1. The lowest BCUT2D eigenvalue weighted by Crippen LogP contribution is -2.38. The number of ether oxygens (including phenoxy) is 1. The van der Waals surface area contributed by atoms with Crippen LogP contribution in [0.3, 0.4) is 0 Å². The summed E-state index contributed by atoms with van der Waals surface area (Å²) < 4.78 is 33.1. The molecule has 0 unspecified atom stereocenters. The van der Waals surface area contributed by atoms with Gasteiger partial charge in [0.2, 0.25) is 5.91 Å². The normalized spacial score (nSPS) is 10.9. The molecule has 0 atom stereocenters. The molecule has 3 rings (SSSR count). The molecule has 32 heavy (non-hydrogen) atoms. The maximum absolute atomic E-state index is 13.3. The van der Waals surface area contributed by atoms with Crippen molar-refractivity contribution >= 4 is 50.5 Å². The average molecular weight is 491 g/mol. The molecule has 1 amide bonds. The van der Waals surface area contributed by atoms with E-state index in [1.807, 2.05) is 0 Å². The summed E-state index contributed by atoms with van der Waals surface area (Å²) in [6.45, 7) is 3.41. The van der Waals surface area contributed by atoms with Gasteiger partial charge in [-0.05, 0) is 42.5 Å². The fourth-order valence-corrected chi connectivity index (χ4v) is 4.81. The minimum atomic E-state index is -4.08.